The first-order chi connectivity index (χ1) is 5.36. The van der Waals surface area contributed by atoms with Crippen molar-refractivity contribution in [2.45, 2.75) is 25.9 Å². The molecule has 1 aliphatic rings. The van der Waals surface area contributed by atoms with E-state index in [9.17, 15) is 0 Å². The molecule has 4 nitrogen and oxygen atoms in total. The van der Waals surface area contributed by atoms with Gasteiger partial charge in [0.2, 0.25) is 0 Å². The van der Waals surface area contributed by atoms with Gasteiger partial charge in [-0.2, -0.15) is 0 Å². The van der Waals surface area contributed by atoms with Crippen molar-refractivity contribution in [3.8, 4) is 0 Å². The van der Waals surface area contributed by atoms with Crippen LogP contribution in [0.2, 0.25) is 0 Å². The molecule has 0 spiro atoms. The molecule has 0 aromatic rings. The number of hydrogen-bond acceptors (Lipinski definition) is 2. The van der Waals surface area contributed by atoms with Gasteiger partial charge in [-0.15, -0.1) is 0 Å². The Morgan fingerprint density at radius 1 is 1.73 bits per heavy atom. The van der Waals surface area contributed by atoms with Crippen LogP contribution >= 0.6 is 0 Å². The Morgan fingerprint density at radius 2 is 2.55 bits per heavy atom. The summed E-state index contributed by atoms with van der Waals surface area (Å²) in [5.41, 5.74) is 8.05. The number of azide groups is 1. The SMILES string of the molecule is CCC1COC(CN=[N+]=[N-])C1. The summed E-state index contributed by atoms with van der Waals surface area (Å²) in [6.07, 6.45) is 2.39. The second kappa shape index (κ2) is 4.21. The van der Waals surface area contributed by atoms with E-state index < -0.39 is 0 Å². The number of rotatable bonds is 3. The fraction of sp³-hybridized carbons (Fsp3) is 1.00. The van der Waals surface area contributed by atoms with Gasteiger partial charge >= 0.3 is 0 Å². The van der Waals surface area contributed by atoms with E-state index in [1.807, 2.05) is 0 Å². The quantitative estimate of drug-likeness (QED) is 0.350. The van der Waals surface area contributed by atoms with Crippen molar-refractivity contribution in [2.24, 2.45) is 11.0 Å². The molecule has 2 unspecified atom stereocenters. The van der Waals surface area contributed by atoms with Gasteiger partial charge in [0.15, 0.2) is 0 Å². The molecule has 0 radical (unpaired) electrons. The monoisotopic (exact) mass is 155 g/mol. The predicted octanol–water partition coefficient (Wildman–Crippen LogP) is 2.11. The molecule has 0 amide bonds. The molecule has 2 atom stereocenters. The Labute approximate surface area is 66.2 Å². The molecule has 11 heavy (non-hydrogen) atoms. The molecule has 0 N–H and O–H groups in total. The molecule has 0 bridgehead atoms. The van der Waals surface area contributed by atoms with E-state index in [0.717, 1.165) is 19.4 Å². The third-order valence-corrected chi connectivity index (χ3v) is 2.09. The molecule has 1 rings (SSSR count). The first-order valence-corrected chi connectivity index (χ1v) is 3.99. The standard InChI is InChI=1S/C7H13N3O/c1-2-6-3-7(11-5-6)4-9-10-8/h6-7H,2-5H2,1H3. The summed E-state index contributed by atoms with van der Waals surface area (Å²) in [5.74, 6) is 0.675. The molecule has 1 saturated heterocycles. The molecule has 0 saturated carbocycles. The van der Waals surface area contributed by atoms with Gasteiger partial charge in [-0.25, -0.2) is 0 Å². The second-order valence-electron chi connectivity index (χ2n) is 2.88. The van der Waals surface area contributed by atoms with E-state index in [0.29, 0.717) is 12.5 Å². The zero-order valence-corrected chi connectivity index (χ0v) is 6.73. The fourth-order valence-electron chi connectivity index (χ4n) is 1.32. The van der Waals surface area contributed by atoms with Gasteiger partial charge in [-0.05, 0) is 17.9 Å². The van der Waals surface area contributed by atoms with Crippen LogP contribution in [0.5, 0.6) is 0 Å². The Hall–Kier alpha value is -0.730. The molecule has 62 valence electrons. The fourth-order valence-corrected chi connectivity index (χ4v) is 1.32. The number of ether oxygens (including phenoxy) is 1. The van der Waals surface area contributed by atoms with Crippen molar-refractivity contribution >= 4 is 0 Å². The minimum absolute atomic E-state index is 0.177. The van der Waals surface area contributed by atoms with Crippen molar-refractivity contribution in [1.82, 2.24) is 0 Å². The highest BCUT2D eigenvalue weighted by molar-refractivity contribution is 4.74. The highest BCUT2D eigenvalue weighted by atomic mass is 16.5. The summed E-state index contributed by atoms with van der Waals surface area (Å²) in [6, 6.07) is 0. The zero-order chi connectivity index (χ0) is 8.10. The highest BCUT2D eigenvalue weighted by Gasteiger charge is 2.22. The van der Waals surface area contributed by atoms with Crippen LogP contribution in [0, 0.1) is 5.92 Å². The van der Waals surface area contributed by atoms with E-state index in [1.165, 1.54) is 0 Å². The van der Waals surface area contributed by atoms with Gasteiger partial charge in [0.25, 0.3) is 0 Å². The van der Waals surface area contributed by atoms with Crippen LogP contribution in [0.15, 0.2) is 5.11 Å². The van der Waals surface area contributed by atoms with Crippen molar-refractivity contribution in [3.63, 3.8) is 0 Å². The summed E-state index contributed by atoms with van der Waals surface area (Å²) >= 11 is 0. The maximum Gasteiger partial charge on any atom is 0.0635 e. The van der Waals surface area contributed by atoms with Gasteiger partial charge in [0, 0.05) is 11.5 Å². The molecular weight excluding hydrogens is 142 g/mol. The average molecular weight is 155 g/mol. The molecule has 0 aliphatic carbocycles. The predicted molar refractivity (Wildman–Crippen MR) is 42.2 cm³/mol. The Morgan fingerprint density at radius 3 is 3.09 bits per heavy atom. The van der Waals surface area contributed by atoms with Crippen molar-refractivity contribution in [1.29, 1.82) is 0 Å². The molecule has 1 fully saturated rings. The van der Waals surface area contributed by atoms with E-state index >= 15 is 0 Å². The number of nitrogens with zero attached hydrogens (tertiary/aromatic N) is 3. The lowest BCUT2D eigenvalue weighted by Gasteiger charge is -2.02. The Balaban J connectivity index is 2.24. The smallest absolute Gasteiger partial charge is 0.0635 e. The van der Waals surface area contributed by atoms with Gasteiger partial charge in [0.05, 0.1) is 12.6 Å². The van der Waals surface area contributed by atoms with Crippen molar-refractivity contribution in [3.05, 3.63) is 10.4 Å². The normalized spacial score (nSPS) is 29.9. The maximum absolute atomic E-state index is 8.05. The van der Waals surface area contributed by atoms with Crippen LogP contribution in [-0.4, -0.2) is 19.3 Å². The first kappa shape index (κ1) is 8.37. The summed E-state index contributed by atoms with van der Waals surface area (Å²) in [4.78, 5) is 2.70. The largest absolute Gasteiger partial charge is 0.378 e. The highest BCUT2D eigenvalue weighted by Crippen LogP contribution is 2.22. The minimum Gasteiger partial charge on any atom is -0.378 e. The topological polar surface area (TPSA) is 58.0 Å². The summed E-state index contributed by atoms with van der Waals surface area (Å²) in [6.45, 7) is 3.49. The van der Waals surface area contributed by atoms with E-state index in [1.54, 1.807) is 0 Å². The van der Waals surface area contributed by atoms with Gasteiger partial charge < -0.3 is 4.74 Å². The lowest BCUT2D eigenvalue weighted by atomic mass is 10.0. The summed E-state index contributed by atoms with van der Waals surface area (Å²) in [7, 11) is 0. The van der Waals surface area contributed by atoms with E-state index in [4.69, 9.17) is 10.3 Å². The summed E-state index contributed by atoms with van der Waals surface area (Å²) in [5, 5.41) is 3.48. The molecular formula is C7H13N3O. The van der Waals surface area contributed by atoms with Gasteiger partial charge in [-0.3, -0.25) is 0 Å². The lowest BCUT2D eigenvalue weighted by molar-refractivity contribution is 0.112. The molecule has 4 heteroatoms. The molecule has 0 aromatic carbocycles. The third-order valence-electron chi connectivity index (χ3n) is 2.09. The van der Waals surface area contributed by atoms with Gasteiger partial charge in [0.1, 0.15) is 0 Å². The lowest BCUT2D eigenvalue weighted by Crippen LogP contribution is -2.08. The zero-order valence-electron chi connectivity index (χ0n) is 6.73. The Kier molecular flexibility index (Phi) is 3.20. The van der Waals surface area contributed by atoms with Crippen LogP contribution in [0.1, 0.15) is 19.8 Å². The third kappa shape index (κ3) is 2.41. The average Bonchev–Trinajstić information content (AvgIpc) is 2.48. The van der Waals surface area contributed by atoms with E-state index in [2.05, 4.69) is 16.9 Å². The van der Waals surface area contributed by atoms with Crippen molar-refractivity contribution < 1.29 is 4.74 Å². The van der Waals surface area contributed by atoms with Crippen LogP contribution in [0.3, 0.4) is 0 Å². The summed E-state index contributed by atoms with van der Waals surface area (Å²) < 4.78 is 5.39. The minimum atomic E-state index is 0.177. The number of hydrogen-bond donors (Lipinski definition) is 0. The van der Waals surface area contributed by atoms with Crippen molar-refractivity contribution in [2.75, 3.05) is 13.2 Å². The van der Waals surface area contributed by atoms with Crippen LogP contribution < -0.4 is 0 Å². The van der Waals surface area contributed by atoms with Crippen LogP contribution in [0.25, 0.3) is 10.4 Å². The molecule has 0 aromatic heterocycles. The first-order valence-electron chi connectivity index (χ1n) is 3.99. The molecule has 1 heterocycles. The second-order valence-corrected chi connectivity index (χ2v) is 2.88. The van der Waals surface area contributed by atoms with Crippen LogP contribution in [-0.2, 0) is 4.74 Å². The van der Waals surface area contributed by atoms with Crippen LogP contribution in [0.4, 0.5) is 0 Å². The Bertz CT molecular complexity index is 165. The van der Waals surface area contributed by atoms with Gasteiger partial charge in [-0.1, -0.05) is 18.5 Å². The van der Waals surface area contributed by atoms with E-state index in [-0.39, 0.29) is 6.10 Å². The molecule has 1 aliphatic heterocycles. The maximum atomic E-state index is 8.05.